The van der Waals surface area contributed by atoms with Crippen molar-refractivity contribution in [1.82, 2.24) is 0 Å². The number of hydrogen-bond donors (Lipinski definition) is 2. The molecule has 2 aromatic rings. The third-order valence-electron chi connectivity index (χ3n) is 2.37. The van der Waals surface area contributed by atoms with Gasteiger partial charge in [-0.15, -0.1) is 0 Å². The zero-order valence-electron chi connectivity index (χ0n) is 9.76. The van der Waals surface area contributed by atoms with Crippen LogP contribution in [0.4, 0.5) is 5.69 Å². The number of hydrogen-bond acceptors (Lipinski definition) is 4. The van der Waals surface area contributed by atoms with Crippen molar-refractivity contribution in [2.45, 2.75) is 4.90 Å². The largest absolute Gasteiger partial charge is 0.472 e. The summed E-state index contributed by atoms with van der Waals surface area (Å²) in [6.45, 7) is 0. The van der Waals surface area contributed by atoms with Crippen molar-refractivity contribution in [1.29, 1.82) is 0 Å². The Bertz CT molecular complexity index is 734. The van der Waals surface area contributed by atoms with E-state index in [0.29, 0.717) is 0 Å². The van der Waals surface area contributed by atoms with E-state index in [1.807, 2.05) is 0 Å². The van der Waals surface area contributed by atoms with Gasteiger partial charge in [0.1, 0.15) is 6.26 Å². The molecule has 1 amide bonds. The summed E-state index contributed by atoms with van der Waals surface area (Å²) in [6.07, 6.45) is 2.58. The lowest BCUT2D eigenvalue weighted by molar-refractivity contribution is 0.102. The minimum absolute atomic E-state index is 0.0432. The summed E-state index contributed by atoms with van der Waals surface area (Å²) in [4.78, 5) is 11.6. The lowest BCUT2D eigenvalue weighted by Gasteiger charge is -2.10. The first kappa shape index (κ1) is 14.9. The molecule has 0 aliphatic heterocycles. The van der Waals surface area contributed by atoms with Crippen molar-refractivity contribution >= 4 is 44.8 Å². The molecule has 1 aromatic heterocycles. The van der Waals surface area contributed by atoms with E-state index in [-0.39, 0.29) is 26.2 Å². The number of anilines is 1. The second-order valence-electron chi connectivity index (χ2n) is 3.77. The number of carbonyl (C=O) groups excluding carboxylic acids is 1. The van der Waals surface area contributed by atoms with Crippen molar-refractivity contribution in [3.8, 4) is 0 Å². The van der Waals surface area contributed by atoms with Gasteiger partial charge in [0.2, 0.25) is 10.0 Å². The van der Waals surface area contributed by atoms with Crippen molar-refractivity contribution in [3.05, 3.63) is 46.3 Å². The van der Waals surface area contributed by atoms with Gasteiger partial charge in [-0.1, -0.05) is 23.2 Å². The highest BCUT2D eigenvalue weighted by Gasteiger charge is 2.17. The van der Waals surface area contributed by atoms with E-state index >= 15 is 0 Å². The summed E-state index contributed by atoms with van der Waals surface area (Å²) in [5, 5.41) is 7.35. The molecule has 1 aromatic carbocycles. The highest BCUT2D eigenvalue weighted by Crippen LogP contribution is 2.33. The number of furan rings is 1. The fourth-order valence-electron chi connectivity index (χ4n) is 1.41. The molecule has 0 unspecified atom stereocenters. The van der Waals surface area contributed by atoms with Crippen LogP contribution in [0.1, 0.15) is 10.4 Å². The van der Waals surface area contributed by atoms with Crippen molar-refractivity contribution < 1.29 is 17.6 Å². The van der Waals surface area contributed by atoms with Gasteiger partial charge in [0.15, 0.2) is 0 Å². The van der Waals surface area contributed by atoms with Gasteiger partial charge in [0.25, 0.3) is 5.91 Å². The van der Waals surface area contributed by atoms with Gasteiger partial charge in [-0.2, -0.15) is 0 Å². The molecule has 1 heterocycles. The van der Waals surface area contributed by atoms with E-state index in [1.54, 1.807) is 0 Å². The molecule has 0 spiro atoms. The minimum atomic E-state index is -3.93. The van der Waals surface area contributed by atoms with Crippen LogP contribution in [0.15, 0.2) is 40.0 Å². The Morgan fingerprint density at radius 2 is 1.85 bits per heavy atom. The lowest BCUT2D eigenvalue weighted by atomic mass is 10.2. The van der Waals surface area contributed by atoms with Gasteiger partial charge < -0.3 is 9.73 Å². The van der Waals surface area contributed by atoms with E-state index in [2.05, 4.69) is 5.32 Å². The highest BCUT2D eigenvalue weighted by atomic mass is 35.5. The molecule has 0 aliphatic rings. The van der Waals surface area contributed by atoms with Gasteiger partial charge in [0.05, 0.1) is 32.5 Å². The molecule has 0 bridgehead atoms. The molecule has 9 heteroatoms. The number of nitrogens with one attached hydrogen (secondary N) is 1. The standard InChI is InChI=1S/C11H8Cl2N2O4S/c12-8-3-7(20(14,17)18)4-9(13)10(8)15-11(16)6-1-2-19-5-6/h1-5H,(H,15,16)(H2,14,17,18). The molecule has 0 saturated heterocycles. The number of primary sulfonamides is 1. The van der Waals surface area contributed by atoms with Gasteiger partial charge in [-0.3, -0.25) is 4.79 Å². The summed E-state index contributed by atoms with van der Waals surface area (Å²) < 4.78 is 27.2. The molecule has 0 saturated carbocycles. The first-order valence-electron chi connectivity index (χ1n) is 5.14. The Labute approximate surface area is 124 Å². The highest BCUT2D eigenvalue weighted by molar-refractivity contribution is 7.89. The first-order chi connectivity index (χ1) is 9.29. The van der Waals surface area contributed by atoms with Crippen molar-refractivity contribution in [2.75, 3.05) is 5.32 Å². The number of rotatable bonds is 3. The van der Waals surface area contributed by atoms with Crippen LogP contribution in [0.25, 0.3) is 0 Å². The smallest absolute Gasteiger partial charge is 0.258 e. The SMILES string of the molecule is NS(=O)(=O)c1cc(Cl)c(NC(=O)c2ccoc2)c(Cl)c1. The topological polar surface area (TPSA) is 102 Å². The summed E-state index contributed by atoms with van der Waals surface area (Å²) in [7, 11) is -3.93. The van der Waals surface area contributed by atoms with Crippen LogP contribution in [-0.4, -0.2) is 14.3 Å². The molecule has 3 N–H and O–H groups in total. The quantitative estimate of drug-likeness (QED) is 0.899. The maximum absolute atomic E-state index is 11.8. The predicted molar refractivity (Wildman–Crippen MR) is 74.5 cm³/mol. The van der Waals surface area contributed by atoms with E-state index < -0.39 is 15.9 Å². The molecule has 0 fully saturated rings. The van der Waals surface area contributed by atoms with Crippen LogP contribution in [0.2, 0.25) is 10.0 Å². The normalized spacial score (nSPS) is 11.3. The second-order valence-corrected chi connectivity index (χ2v) is 6.15. The Kier molecular flexibility index (Phi) is 4.05. The minimum Gasteiger partial charge on any atom is -0.472 e. The molecule has 0 radical (unpaired) electrons. The van der Waals surface area contributed by atoms with Gasteiger partial charge in [-0.05, 0) is 18.2 Å². The third-order valence-corrected chi connectivity index (χ3v) is 3.86. The number of sulfonamides is 1. The molecule has 0 atom stereocenters. The molecular weight excluding hydrogens is 327 g/mol. The number of amides is 1. The Balaban J connectivity index is 2.37. The van der Waals surface area contributed by atoms with Crippen LogP contribution >= 0.6 is 23.2 Å². The van der Waals surface area contributed by atoms with Crippen LogP contribution in [0.5, 0.6) is 0 Å². The maximum Gasteiger partial charge on any atom is 0.258 e. The predicted octanol–water partition coefficient (Wildman–Crippen LogP) is 2.49. The molecule has 106 valence electrons. The number of benzene rings is 1. The van der Waals surface area contributed by atoms with E-state index in [1.165, 1.54) is 18.6 Å². The zero-order valence-corrected chi connectivity index (χ0v) is 12.1. The second kappa shape index (κ2) is 5.45. The molecule has 0 aliphatic carbocycles. The number of nitrogens with two attached hydrogens (primary N) is 1. The Morgan fingerprint density at radius 3 is 2.30 bits per heavy atom. The molecule has 6 nitrogen and oxygen atoms in total. The van der Waals surface area contributed by atoms with Crippen molar-refractivity contribution in [3.63, 3.8) is 0 Å². The maximum atomic E-state index is 11.8. The van der Waals surface area contributed by atoms with E-state index in [0.717, 1.165) is 12.1 Å². The summed E-state index contributed by atoms with van der Waals surface area (Å²) in [6, 6.07) is 3.66. The van der Waals surface area contributed by atoms with Crippen LogP contribution in [0, 0.1) is 0 Å². The average Bonchev–Trinajstić information content (AvgIpc) is 2.85. The monoisotopic (exact) mass is 334 g/mol. The van der Waals surface area contributed by atoms with E-state index in [9.17, 15) is 13.2 Å². The fraction of sp³-hybridized carbons (Fsp3) is 0. The fourth-order valence-corrected chi connectivity index (χ4v) is 2.69. The Hall–Kier alpha value is -1.54. The molecule has 2 rings (SSSR count). The van der Waals surface area contributed by atoms with Gasteiger partial charge in [0, 0.05) is 0 Å². The zero-order chi connectivity index (χ0) is 14.9. The number of halogens is 2. The average molecular weight is 335 g/mol. The third kappa shape index (κ3) is 3.13. The van der Waals surface area contributed by atoms with Gasteiger partial charge in [-0.25, -0.2) is 13.6 Å². The van der Waals surface area contributed by atoms with Crippen LogP contribution in [-0.2, 0) is 10.0 Å². The van der Waals surface area contributed by atoms with Crippen molar-refractivity contribution in [2.24, 2.45) is 5.14 Å². The number of carbonyl (C=O) groups is 1. The molecule has 20 heavy (non-hydrogen) atoms. The summed E-state index contributed by atoms with van der Waals surface area (Å²) >= 11 is 11.8. The lowest BCUT2D eigenvalue weighted by Crippen LogP contribution is -2.14. The van der Waals surface area contributed by atoms with Crippen LogP contribution < -0.4 is 10.5 Å². The molecular formula is C11H8Cl2N2O4S. The summed E-state index contributed by atoms with van der Waals surface area (Å²) in [5.74, 6) is -0.495. The van der Waals surface area contributed by atoms with E-state index in [4.69, 9.17) is 32.8 Å². The van der Waals surface area contributed by atoms with Gasteiger partial charge >= 0.3 is 0 Å². The van der Waals surface area contributed by atoms with Crippen LogP contribution in [0.3, 0.4) is 0 Å². The summed E-state index contributed by atoms with van der Waals surface area (Å²) in [5.41, 5.74) is 0.361. The first-order valence-corrected chi connectivity index (χ1v) is 7.44. The Morgan fingerprint density at radius 1 is 1.25 bits per heavy atom.